The highest BCUT2D eigenvalue weighted by molar-refractivity contribution is 7.19. The fraction of sp³-hybridized carbons (Fsp3) is 0.308. The van der Waals surface area contributed by atoms with Crippen LogP contribution in [-0.2, 0) is 0 Å². The topological polar surface area (TPSA) is 42.2 Å². The number of unbranched alkanes of at least 4 members (excludes halogenated alkanes) is 1. The number of anilines is 3. The molecule has 3 nitrogen and oxygen atoms in total. The van der Waals surface area contributed by atoms with E-state index < -0.39 is 0 Å². The molecule has 1 aromatic heterocycles. The third-order valence-electron chi connectivity index (χ3n) is 2.55. The predicted octanol–water partition coefficient (Wildman–Crippen LogP) is 3.66. The second-order valence-corrected chi connectivity index (χ2v) is 4.93. The highest BCUT2D eigenvalue weighted by Crippen LogP contribution is 2.30. The number of para-hydroxylation sites is 1. The van der Waals surface area contributed by atoms with Crippen LogP contribution in [0.15, 0.2) is 36.5 Å². The Kier molecular flexibility index (Phi) is 3.98. The summed E-state index contributed by atoms with van der Waals surface area (Å²) in [7, 11) is 0. The van der Waals surface area contributed by atoms with E-state index in [1.807, 2.05) is 18.2 Å². The standard InChI is InChI=1S/C13H17N3S/c1-2-3-9-16(11-7-5-4-6-8-11)13-15-10-12(14)17-13/h4-8,10H,2-3,9,14H2,1H3. The smallest absolute Gasteiger partial charge is 0.191 e. The molecule has 0 aliphatic rings. The van der Waals surface area contributed by atoms with Crippen molar-refractivity contribution in [3.05, 3.63) is 36.5 Å². The zero-order valence-electron chi connectivity index (χ0n) is 9.97. The normalized spacial score (nSPS) is 10.4. The number of rotatable bonds is 5. The van der Waals surface area contributed by atoms with Gasteiger partial charge >= 0.3 is 0 Å². The molecule has 0 amide bonds. The minimum atomic E-state index is 0.762. The molecule has 0 saturated heterocycles. The lowest BCUT2D eigenvalue weighted by atomic mass is 10.2. The van der Waals surface area contributed by atoms with Crippen molar-refractivity contribution >= 4 is 27.2 Å². The molecule has 0 saturated carbocycles. The quantitative estimate of drug-likeness (QED) is 0.876. The lowest BCUT2D eigenvalue weighted by Crippen LogP contribution is -2.17. The van der Waals surface area contributed by atoms with Crippen molar-refractivity contribution < 1.29 is 0 Å². The molecule has 90 valence electrons. The number of thiazole rings is 1. The minimum absolute atomic E-state index is 0.762. The molecule has 1 heterocycles. The number of nitrogens with two attached hydrogens (primary N) is 1. The van der Waals surface area contributed by atoms with Crippen LogP contribution in [0.25, 0.3) is 0 Å². The van der Waals surface area contributed by atoms with Gasteiger partial charge in [0.2, 0.25) is 0 Å². The molecule has 0 aliphatic carbocycles. The Morgan fingerprint density at radius 2 is 2.06 bits per heavy atom. The van der Waals surface area contributed by atoms with E-state index in [1.165, 1.54) is 23.4 Å². The molecule has 2 N–H and O–H groups in total. The summed E-state index contributed by atoms with van der Waals surface area (Å²) in [5, 5.41) is 1.74. The van der Waals surface area contributed by atoms with Gasteiger partial charge in [-0.15, -0.1) is 0 Å². The number of benzene rings is 1. The maximum absolute atomic E-state index is 5.75. The maximum Gasteiger partial charge on any atom is 0.191 e. The van der Waals surface area contributed by atoms with Crippen molar-refractivity contribution in [2.75, 3.05) is 17.2 Å². The Balaban J connectivity index is 2.25. The van der Waals surface area contributed by atoms with Gasteiger partial charge in [-0.25, -0.2) is 4.98 Å². The lowest BCUT2D eigenvalue weighted by molar-refractivity contribution is 0.784. The first-order valence-electron chi connectivity index (χ1n) is 5.85. The second kappa shape index (κ2) is 5.68. The highest BCUT2D eigenvalue weighted by Gasteiger charge is 2.11. The van der Waals surface area contributed by atoms with Gasteiger partial charge in [0.15, 0.2) is 5.13 Å². The number of nitrogen functional groups attached to an aromatic ring is 1. The molecule has 0 unspecified atom stereocenters. The molecule has 0 aliphatic heterocycles. The van der Waals surface area contributed by atoms with Crippen LogP contribution in [0.5, 0.6) is 0 Å². The van der Waals surface area contributed by atoms with Crippen LogP contribution in [0.4, 0.5) is 15.8 Å². The molecular weight excluding hydrogens is 230 g/mol. The van der Waals surface area contributed by atoms with E-state index in [4.69, 9.17) is 5.73 Å². The van der Waals surface area contributed by atoms with Crippen molar-refractivity contribution in [2.45, 2.75) is 19.8 Å². The fourth-order valence-corrected chi connectivity index (χ4v) is 2.39. The number of nitrogens with zero attached hydrogens (tertiary/aromatic N) is 2. The van der Waals surface area contributed by atoms with Crippen LogP contribution >= 0.6 is 11.3 Å². The molecule has 0 fully saturated rings. The van der Waals surface area contributed by atoms with Gasteiger partial charge in [-0.2, -0.15) is 0 Å². The molecule has 0 spiro atoms. The number of hydrogen-bond donors (Lipinski definition) is 1. The SMILES string of the molecule is CCCCN(c1ccccc1)c1ncc(N)s1. The van der Waals surface area contributed by atoms with Crippen LogP contribution in [0.1, 0.15) is 19.8 Å². The molecule has 0 radical (unpaired) electrons. The van der Waals surface area contributed by atoms with Gasteiger partial charge in [-0.05, 0) is 18.6 Å². The largest absolute Gasteiger partial charge is 0.389 e. The van der Waals surface area contributed by atoms with Gasteiger partial charge in [-0.3, -0.25) is 0 Å². The summed E-state index contributed by atoms with van der Waals surface area (Å²) in [5.74, 6) is 0. The van der Waals surface area contributed by atoms with Crippen molar-refractivity contribution in [1.82, 2.24) is 4.98 Å². The molecule has 2 aromatic rings. The Morgan fingerprint density at radius 3 is 2.65 bits per heavy atom. The molecule has 0 atom stereocenters. The molecule has 0 bridgehead atoms. The summed E-state index contributed by atoms with van der Waals surface area (Å²) < 4.78 is 0. The maximum atomic E-state index is 5.75. The van der Waals surface area contributed by atoms with Gasteiger partial charge in [0.1, 0.15) is 5.00 Å². The third kappa shape index (κ3) is 2.97. The van der Waals surface area contributed by atoms with Gasteiger partial charge in [0, 0.05) is 12.2 Å². The van der Waals surface area contributed by atoms with Gasteiger partial charge in [0.25, 0.3) is 0 Å². The zero-order valence-corrected chi connectivity index (χ0v) is 10.8. The van der Waals surface area contributed by atoms with E-state index in [0.29, 0.717) is 0 Å². The van der Waals surface area contributed by atoms with E-state index in [0.717, 1.165) is 23.1 Å². The lowest BCUT2D eigenvalue weighted by Gasteiger charge is -2.21. The second-order valence-electron chi connectivity index (χ2n) is 3.89. The van der Waals surface area contributed by atoms with E-state index >= 15 is 0 Å². The van der Waals surface area contributed by atoms with Crippen molar-refractivity contribution in [2.24, 2.45) is 0 Å². The van der Waals surface area contributed by atoms with E-state index in [9.17, 15) is 0 Å². The fourth-order valence-electron chi connectivity index (χ4n) is 1.66. The Bertz CT molecular complexity index is 453. The summed E-state index contributed by atoms with van der Waals surface area (Å²) in [6.07, 6.45) is 4.04. The molecule has 17 heavy (non-hydrogen) atoms. The summed E-state index contributed by atoms with van der Waals surface area (Å²) in [4.78, 5) is 6.59. The summed E-state index contributed by atoms with van der Waals surface area (Å²) >= 11 is 1.53. The first-order valence-corrected chi connectivity index (χ1v) is 6.67. The van der Waals surface area contributed by atoms with Gasteiger partial charge < -0.3 is 10.6 Å². The summed E-state index contributed by atoms with van der Waals surface area (Å²) in [5.41, 5.74) is 6.93. The zero-order chi connectivity index (χ0) is 12.1. The first-order chi connectivity index (χ1) is 8.31. The molecule has 2 rings (SSSR count). The summed E-state index contributed by atoms with van der Waals surface area (Å²) in [6.45, 7) is 3.17. The van der Waals surface area contributed by atoms with E-state index in [2.05, 4.69) is 28.9 Å². The Hall–Kier alpha value is -1.55. The summed E-state index contributed by atoms with van der Waals surface area (Å²) in [6, 6.07) is 10.3. The van der Waals surface area contributed by atoms with Gasteiger partial charge in [-0.1, -0.05) is 42.9 Å². The van der Waals surface area contributed by atoms with Crippen LogP contribution in [0.2, 0.25) is 0 Å². The highest BCUT2D eigenvalue weighted by atomic mass is 32.1. The molecular formula is C13H17N3S. The van der Waals surface area contributed by atoms with Crippen molar-refractivity contribution in [1.29, 1.82) is 0 Å². The molecule has 1 aromatic carbocycles. The van der Waals surface area contributed by atoms with Crippen LogP contribution in [0, 0.1) is 0 Å². The number of hydrogen-bond acceptors (Lipinski definition) is 4. The van der Waals surface area contributed by atoms with Gasteiger partial charge in [0.05, 0.1) is 6.20 Å². The van der Waals surface area contributed by atoms with Crippen LogP contribution < -0.4 is 10.6 Å². The predicted molar refractivity (Wildman–Crippen MR) is 74.9 cm³/mol. The van der Waals surface area contributed by atoms with Crippen molar-refractivity contribution in [3.8, 4) is 0 Å². The Morgan fingerprint density at radius 1 is 1.29 bits per heavy atom. The van der Waals surface area contributed by atoms with E-state index in [-0.39, 0.29) is 0 Å². The van der Waals surface area contributed by atoms with Crippen LogP contribution in [-0.4, -0.2) is 11.5 Å². The average Bonchev–Trinajstić information content (AvgIpc) is 2.78. The molecule has 4 heteroatoms. The minimum Gasteiger partial charge on any atom is -0.389 e. The monoisotopic (exact) mass is 247 g/mol. The van der Waals surface area contributed by atoms with Crippen LogP contribution in [0.3, 0.4) is 0 Å². The van der Waals surface area contributed by atoms with E-state index in [1.54, 1.807) is 6.20 Å². The number of aromatic nitrogens is 1. The third-order valence-corrected chi connectivity index (χ3v) is 3.39. The van der Waals surface area contributed by atoms with Crippen molar-refractivity contribution in [3.63, 3.8) is 0 Å². The first kappa shape index (κ1) is 11.9. The Labute approximate surface area is 106 Å². The average molecular weight is 247 g/mol.